The summed E-state index contributed by atoms with van der Waals surface area (Å²) >= 11 is 0. The number of ether oxygens (including phenoxy) is 1. The van der Waals surface area contributed by atoms with Crippen LogP contribution in [0.4, 0.5) is 0 Å². The molecule has 0 rings (SSSR count). The molecule has 0 saturated carbocycles. The number of hydrogen-bond acceptors (Lipinski definition) is 7. The molecule has 266 valence electrons. The first-order chi connectivity index (χ1) is 22.6. The lowest BCUT2D eigenvalue weighted by Gasteiger charge is -2.30. The first-order valence-corrected chi connectivity index (χ1v) is 19.3. The van der Waals surface area contributed by atoms with Crippen LogP contribution in [-0.2, 0) is 19.1 Å². The van der Waals surface area contributed by atoms with Gasteiger partial charge in [-0.05, 0) is 52.4 Å². The number of aliphatic hydroxyl groups is 1. The minimum atomic E-state index is -1.22. The van der Waals surface area contributed by atoms with Gasteiger partial charge in [0.05, 0.1) is 12.7 Å². The quantitative estimate of drug-likeness (QED) is 0.0397. The number of allylic oxidation sites excluding steroid dienone is 11. The van der Waals surface area contributed by atoms with Crippen LogP contribution < -0.4 is 16.0 Å². The number of rotatable bonds is 28. The van der Waals surface area contributed by atoms with Crippen LogP contribution in [0.5, 0.6) is 0 Å². The Balaban J connectivity index is 3.72. The predicted molar refractivity (Wildman–Crippen MR) is 202 cm³/mol. The van der Waals surface area contributed by atoms with Crippen molar-refractivity contribution in [1.82, 2.24) is 16.0 Å². The molecule has 0 aliphatic carbocycles. The van der Waals surface area contributed by atoms with Gasteiger partial charge >= 0.3 is 0 Å². The number of nitrogens with one attached hydrogen (secondary N) is 3. The van der Waals surface area contributed by atoms with Gasteiger partial charge < -0.3 is 25.8 Å². The van der Waals surface area contributed by atoms with E-state index in [1.165, 1.54) is 0 Å². The fourth-order valence-electron chi connectivity index (χ4n) is 3.67. The molecule has 0 aliphatic rings. The zero-order valence-corrected chi connectivity index (χ0v) is 31.0. The first-order valence-electron chi connectivity index (χ1n) is 16.8. The molecule has 0 saturated heterocycles. The van der Waals surface area contributed by atoms with Gasteiger partial charge in [0.25, 0.3) is 0 Å². The van der Waals surface area contributed by atoms with Crippen molar-refractivity contribution in [2.24, 2.45) is 5.41 Å². The maximum absolute atomic E-state index is 12.2. The van der Waals surface area contributed by atoms with Crippen LogP contribution in [0, 0.1) is 5.41 Å². The second kappa shape index (κ2) is 30.8. The molecule has 0 aromatic carbocycles. The highest BCUT2D eigenvalue weighted by Gasteiger charge is 2.34. The third-order valence-electron chi connectivity index (χ3n) is 6.43. The Morgan fingerprint density at radius 1 is 0.681 bits per heavy atom. The second-order valence-electron chi connectivity index (χ2n) is 11.8. The molecule has 8 nitrogen and oxygen atoms in total. The molecule has 0 bridgehead atoms. The monoisotopic (exact) mass is 691 g/mol. The molecule has 0 unspecified atom stereocenters. The fraction of sp³-hybridized carbons (Fsp3) is 0.595. The number of amides is 3. The summed E-state index contributed by atoms with van der Waals surface area (Å²) < 4.78 is 5.53. The molecular formula is C37H61N3O5S2. The van der Waals surface area contributed by atoms with Crippen molar-refractivity contribution in [2.45, 2.75) is 98.2 Å². The molecule has 1 atom stereocenters. The van der Waals surface area contributed by atoms with Gasteiger partial charge in [-0.3, -0.25) is 14.4 Å². The van der Waals surface area contributed by atoms with E-state index in [4.69, 9.17) is 4.74 Å². The predicted octanol–water partition coefficient (Wildman–Crippen LogP) is 7.01. The van der Waals surface area contributed by atoms with Crippen molar-refractivity contribution >= 4 is 39.3 Å². The van der Waals surface area contributed by atoms with Gasteiger partial charge in [-0.15, -0.1) is 0 Å². The van der Waals surface area contributed by atoms with Crippen LogP contribution in [0.1, 0.15) is 86.0 Å². The lowest BCUT2D eigenvalue weighted by Crippen LogP contribution is -2.47. The Bertz CT molecular complexity index is 1020. The Morgan fingerprint density at radius 2 is 1.13 bits per heavy atom. The van der Waals surface area contributed by atoms with Crippen molar-refractivity contribution in [3.05, 3.63) is 72.9 Å². The molecule has 0 aromatic rings. The number of aliphatic hydroxyl groups excluding tert-OH is 1. The maximum atomic E-state index is 12.2. The zero-order valence-electron chi connectivity index (χ0n) is 29.4. The molecule has 0 spiro atoms. The highest BCUT2D eigenvalue weighted by Crippen LogP contribution is 2.22. The number of carbonyl (C=O) groups is 3. The van der Waals surface area contributed by atoms with Gasteiger partial charge in [0.1, 0.15) is 6.10 Å². The van der Waals surface area contributed by atoms with E-state index in [1.807, 2.05) is 26.0 Å². The lowest BCUT2D eigenvalue weighted by molar-refractivity contribution is -0.139. The van der Waals surface area contributed by atoms with E-state index < -0.39 is 17.4 Å². The number of hydrogen-bond donors (Lipinski definition) is 4. The lowest BCUT2D eigenvalue weighted by atomic mass is 9.87. The van der Waals surface area contributed by atoms with Crippen LogP contribution in [0.15, 0.2) is 72.9 Å². The van der Waals surface area contributed by atoms with Gasteiger partial charge in [-0.1, -0.05) is 115 Å². The summed E-state index contributed by atoms with van der Waals surface area (Å²) in [6.45, 7) is 11.0. The summed E-state index contributed by atoms with van der Waals surface area (Å²) in [7, 11) is 3.28. The molecule has 0 radical (unpaired) electrons. The van der Waals surface area contributed by atoms with E-state index in [0.29, 0.717) is 19.5 Å². The Kier molecular flexibility index (Phi) is 29.1. The smallest absolute Gasteiger partial charge is 0.249 e. The molecular weight excluding hydrogens is 631 g/mol. The Labute approximate surface area is 292 Å². The third-order valence-corrected chi connectivity index (χ3v) is 8.84. The van der Waals surface area contributed by atoms with E-state index >= 15 is 0 Å². The van der Waals surface area contributed by atoms with Crippen molar-refractivity contribution in [1.29, 1.82) is 0 Å². The topological polar surface area (TPSA) is 117 Å². The SMILES string of the molecule is CC/C=C\C/C=C\C/C=C\C/C=C\C/C=C\C/C=C\CC(=O)NCCSSCCNC(=O)CCNC(=O)[C@H](O)C(C)(C)COC(C)C. The molecule has 0 heterocycles. The molecule has 10 heteroatoms. The minimum Gasteiger partial charge on any atom is -0.383 e. The normalized spacial score (nSPS) is 13.3. The zero-order chi connectivity index (χ0) is 35.0. The molecule has 47 heavy (non-hydrogen) atoms. The summed E-state index contributed by atoms with van der Waals surface area (Å²) in [5.74, 6) is 0.856. The minimum absolute atomic E-state index is 0.00923. The summed E-state index contributed by atoms with van der Waals surface area (Å²) in [5, 5.41) is 18.7. The van der Waals surface area contributed by atoms with E-state index in [1.54, 1.807) is 35.4 Å². The Hall–Kier alpha value is -2.53. The summed E-state index contributed by atoms with van der Waals surface area (Å²) in [4.78, 5) is 36.2. The molecule has 0 aromatic heterocycles. The molecule has 0 aliphatic heterocycles. The molecule has 0 fully saturated rings. The summed E-state index contributed by atoms with van der Waals surface area (Å²) in [6.07, 6.45) is 30.7. The summed E-state index contributed by atoms with van der Waals surface area (Å²) in [6, 6.07) is 0. The maximum Gasteiger partial charge on any atom is 0.249 e. The number of carbonyl (C=O) groups excluding carboxylic acids is 3. The highest BCUT2D eigenvalue weighted by molar-refractivity contribution is 8.76. The van der Waals surface area contributed by atoms with Crippen molar-refractivity contribution < 1.29 is 24.2 Å². The highest BCUT2D eigenvalue weighted by atomic mass is 33.1. The van der Waals surface area contributed by atoms with Gasteiger partial charge in [0, 0.05) is 49.4 Å². The van der Waals surface area contributed by atoms with Crippen LogP contribution >= 0.6 is 21.6 Å². The van der Waals surface area contributed by atoms with Gasteiger partial charge in [-0.25, -0.2) is 0 Å². The molecule has 4 N–H and O–H groups in total. The fourth-order valence-corrected chi connectivity index (χ4v) is 5.48. The van der Waals surface area contributed by atoms with Gasteiger partial charge in [0.2, 0.25) is 17.7 Å². The van der Waals surface area contributed by atoms with E-state index in [-0.39, 0.29) is 37.5 Å². The van der Waals surface area contributed by atoms with Crippen molar-refractivity contribution in [3.63, 3.8) is 0 Å². The van der Waals surface area contributed by atoms with Crippen LogP contribution in [0.3, 0.4) is 0 Å². The van der Waals surface area contributed by atoms with E-state index in [9.17, 15) is 19.5 Å². The molecule has 3 amide bonds. The van der Waals surface area contributed by atoms with Gasteiger partial charge in [0.15, 0.2) is 0 Å². The van der Waals surface area contributed by atoms with E-state index in [2.05, 4.69) is 83.6 Å². The second-order valence-corrected chi connectivity index (χ2v) is 14.5. The third kappa shape index (κ3) is 29.3. The average molecular weight is 692 g/mol. The van der Waals surface area contributed by atoms with Crippen LogP contribution in [-0.4, -0.2) is 72.8 Å². The standard InChI is InChI=1S/C37H61N3O5S2/c1-6-7-8-9-10-11-12-13-14-15-16-17-18-19-20-21-22-23-24-33(41)38-27-29-46-47-30-28-39-34(42)25-26-40-36(44)35(43)37(4,5)31-45-32(2)3/h7-8,10-11,13-14,16-17,19-20,22-23,32,35,43H,6,9,12,15,18,21,24-31H2,1-5H3,(H,38,41)(H,39,42)(H,40,44)/b8-7-,11-10-,14-13-,17-16-,20-19-,23-22-/t35-/m0/s1. The average Bonchev–Trinajstić information content (AvgIpc) is 3.04. The van der Waals surface area contributed by atoms with Gasteiger partial charge in [-0.2, -0.15) is 0 Å². The van der Waals surface area contributed by atoms with Crippen LogP contribution in [0.25, 0.3) is 0 Å². The van der Waals surface area contributed by atoms with E-state index in [0.717, 1.165) is 50.0 Å². The first kappa shape index (κ1) is 44.5. The van der Waals surface area contributed by atoms with Crippen LogP contribution in [0.2, 0.25) is 0 Å². The van der Waals surface area contributed by atoms with Crippen molar-refractivity contribution in [3.8, 4) is 0 Å². The van der Waals surface area contributed by atoms with Crippen molar-refractivity contribution in [2.75, 3.05) is 37.7 Å². The summed E-state index contributed by atoms with van der Waals surface area (Å²) in [5.41, 5.74) is -0.733. The largest absolute Gasteiger partial charge is 0.383 e. The Morgan fingerprint density at radius 3 is 1.60 bits per heavy atom.